The first-order chi connectivity index (χ1) is 8.60. The largest absolute Gasteiger partial charge is 0.338 e. The van der Waals surface area contributed by atoms with Crippen LogP contribution in [-0.2, 0) is 0 Å². The number of rotatable bonds is 3. The van der Waals surface area contributed by atoms with Gasteiger partial charge in [0, 0.05) is 18.7 Å². The van der Waals surface area contributed by atoms with Crippen molar-refractivity contribution in [3.05, 3.63) is 34.9 Å². The van der Waals surface area contributed by atoms with E-state index in [1.165, 1.54) is 0 Å². The molecule has 1 amide bonds. The summed E-state index contributed by atoms with van der Waals surface area (Å²) >= 11 is 0. The van der Waals surface area contributed by atoms with Crippen molar-refractivity contribution in [2.75, 3.05) is 26.7 Å². The summed E-state index contributed by atoms with van der Waals surface area (Å²) in [6.45, 7) is 6.84. The average Bonchev–Trinajstić information content (AvgIpc) is 2.76. The number of nitrogens with zero attached hydrogens (tertiary/aromatic N) is 1. The topological polar surface area (TPSA) is 32.3 Å². The predicted octanol–water partition coefficient (Wildman–Crippen LogP) is 1.98. The van der Waals surface area contributed by atoms with Crippen LogP contribution in [-0.4, -0.2) is 37.5 Å². The van der Waals surface area contributed by atoms with E-state index in [4.69, 9.17) is 0 Å². The van der Waals surface area contributed by atoms with Gasteiger partial charge in [0.15, 0.2) is 0 Å². The Morgan fingerprint density at radius 1 is 1.33 bits per heavy atom. The molecular weight excluding hydrogens is 224 g/mol. The highest BCUT2D eigenvalue weighted by molar-refractivity contribution is 5.94. The smallest absolute Gasteiger partial charge is 0.253 e. The van der Waals surface area contributed by atoms with E-state index in [1.807, 2.05) is 37.9 Å². The number of nitrogens with one attached hydrogen (secondary N) is 1. The van der Waals surface area contributed by atoms with Crippen LogP contribution in [0.25, 0.3) is 0 Å². The maximum Gasteiger partial charge on any atom is 0.253 e. The van der Waals surface area contributed by atoms with Crippen molar-refractivity contribution in [3.63, 3.8) is 0 Å². The SMILES string of the molecule is CNCC1CCN(C(=O)c2cc(C)cc(C)c2)C1. The zero-order valence-electron chi connectivity index (χ0n) is 11.5. The van der Waals surface area contributed by atoms with E-state index in [-0.39, 0.29) is 5.91 Å². The summed E-state index contributed by atoms with van der Waals surface area (Å²) in [5.74, 6) is 0.783. The maximum atomic E-state index is 12.4. The second-order valence-electron chi connectivity index (χ2n) is 5.34. The molecule has 0 bridgehead atoms. The van der Waals surface area contributed by atoms with E-state index in [9.17, 15) is 4.79 Å². The van der Waals surface area contributed by atoms with Crippen LogP contribution in [0.15, 0.2) is 18.2 Å². The van der Waals surface area contributed by atoms with Gasteiger partial charge in [0.2, 0.25) is 0 Å². The highest BCUT2D eigenvalue weighted by Gasteiger charge is 2.26. The first-order valence-electron chi connectivity index (χ1n) is 6.62. The van der Waals surface area contributed by atoms with Crippen molar-refractivity contribution >= 4 is 5.91 Å². The molecule has 1 fully saturated rings. The van der Waals surface area contributed by atoms with Gasteiger partial charge in [0.1, 0.15) is 0 Å². The van der Waals surface area contributed by atoms with Gasteiger partial charge in [-0.2, -0.15) is 0 Å². The Kier molecular flexibility index (Phi) is 4.02. The fraction of sp³-hybridized carbons (Fsp3) is 0.533. The summed E-state index contributed by atoms with van der Waals surface area (Å²) in [5, 5.41) is 3.19. The first-order valence-corrected chi connectivity index (χ1v) is 6.62. The van der Waals surface area contributed by atoms with Crippen molar-refractivity contribution in [2.24, 2.45) is 5.92 Å². The summed E-state index contributed by atoms with van der Waals surface area (Å²) in [6.07, 6.45) is 1.11. The zero-order valence-corrected chi connectivity index (χ0v) is 11.5. The normalized spacial score (nSPS) is 19.3. The van der Waals surface area contributed by atoms with Gasteiger partial charge in [-0.05, 0) is 51.9 Å². The summed E-state index contributed by atoms with van der Waals surface area (Å²) in [6, 6.07) is 6.08. The van der Waals surface area contributed by atoms with E-state index >= 15 is 0 Å². The molecule has 2 rings (SSSR count). The quantitative estimate of drug-likeness (QED) is 0.884. The molecule has 1 aliphatic rings. The lowest BCUT2D eigenvalue weighted by molar-refractivity contribution is 0.0787. The van der Waals surface area contributed by atoms with E-state index in [0.717, 1.165) is 42.7 Å². The maximum absolute atomic E-state index is 12.4. The molecule has 0 saturated carbocycles. The Hall–Kier alpha value is -1.35. The summed E-state index contributed by atoms with van der Waals surface area (Å²) in [5.41, 5.74) is 3.14. The number of carbonyl (C=O) groups is 1. The summed E-state index contributed by atoms with van der Waals surface area (Å²) in [4.78, 5) is 14.4. The number of carbonyl (C=O) groups excluding carboxylic acids is 1. The summed E-state index contributed by atoms with van der Waals surface area (Å²) in [7, 11) is 1.97. The van der Waals surface area contributed by atoms with Crippen LogP contribution in [0.1, 0.15) is 27.9 Å². The van der Waals surface area contributed by atoms with Crippen LogP contribution in [0.4, 0.5) is 0 Å². The van der Waals surface area contributed by atoms with Gasteiger partial charge in [0.05, 0.1) is 0 Å². The van der Waals surface area contributed by atoms with Crippen LogP contribution in [0.2, 0.25) is 0 Å². The molecule has 0 aromatic heterocycles. The van der Waals surface area contributed by atoms with Crippen molar-refractivity contribution in [1.29, 1.82) is 0 Å². The van der Waals surface area contributed by atoms with E-state index in [1.54, 1.807) is 0 Å². The molecule has 0 radical (unpaired) electrons. The molecule has 1 N–H and O–H groups in total. The standard InChI is InChI=1S/C15H22N2O/c1-11-6-12(2)8-14(7-11)15(18)17-5-4-13(10-17)9-16-3/h6-8,13,16H,4-5,9-10H2,1-3H3. The number of hydrogen-bond acceptors (Lipinski definition) is 2. The Bertz CT molecular complexity index is 422. The summed E-state index contributed by atoms with van der Waals surface area (Å²) < 4.78 is 0. The molecule has 1 saturated heterocycles. The monoisotopic (exact) mass is 246 g/mol. The van der Waals surface area contributed by atoms with Gasteiger partial charge in [-0.25, -0.2) is 0 Å². The second-order valence-corrected chi connectivity index (χ2v) is 5.34. The van der Waals surface area contributed by atoms with E-state index < -0.39 is 0 Å². The van der Waals surface area contributed by atoms with Crippen molar-refractivity contribution < 1.29 is 4.79 Å². The molecule has 1 unspecified atom stereocenters. The van der Waals surface area contributed by atoms with Crippen molar-refractivity contribution in [2.45, 2.75) is 20.3 Å². The minimum Gasteiger partial charge on any atom is -0.338 e. The van der Waals surface area contributed by atoms with Gasteiger partial charge < -0.3 is 10.2 Å². The predicted molar refractivity (Wildman–Crippen MR) is 73.9 cm³/mol. The average molecular weight is 246 g/mol. The van der Waals surface area contributed by atoms with Crippen LogP contribution < -0.4 is 5.32 Å². The van der Waals surface area contributed by atoms with Crippen LogP contribution in [0.5, 0.6) is 0 Å². The lowest BCUT2D eigenvalue weighted by atomic mass is 10.1. The van der Waals surface area contributed by atoms with Gasteiger partial charge >= 0.3 is 0 Å². The lowest BCUT2D eigenvalue weighted by Gasteiger charge is -2.17. The molecule has 98 valence electrons. The molecule has 0 spiro atoms. The highest BCUT2D eigenvalue weighted by atomic mass is 16.2. The fourth-order valence-electron chi connectivity index (χ4n) is 2.75. The molecule has 1 atom stereocenters. The molecule has 0 aliphatic carbocycles. The zero-order chi connectivity index (χ0) is 13.1. The number of hydrogen-bond donors (Lipinski definition) is 1. The molecular formula is C15H22N2O. The molecule has 1 aromatic rings. The van der Waals surface area contributed by atoms with Crippen molar-refractivity contribution in [1.82, 2.24) is 10.2 Å². The minimum atomic E-state index is 0.181. The molecule has 1 aliphatic heterocycles. The Morgan fingerprint density at radius 3 is 2.61 bits per heavy atom. The third-order valence-electron chi connectivity index (χ3n) is 3.53. The van der Waals surface area contributed by atoms with Crippen LogP contribution in [0.3, 0.4) is 0 Å². The third-order valence-corrected chi connectivity index (χ3v) is 3.53. The van der Waals surface area contributed by atoms with Gasteiger partial charge in [-0.15, -0.1) is 0 Å². The second kappa shape index (κ2) is 5.53. The first kappa shape index (κ1) is 13.1. The van der Waals surface area contributed by atoms with Crippen molar-refractivity contribution in [3.8, 4) is 0 Å². The number of aryl methyl sites for hydroxylation is 2. The minimum absolute atomic E-state index is 0.181. The van der Waals surface area contributed by atoms with Gasteiger partial charge in [0.25, 0.3) is 5.91 Å². The highest BCUT2D eigenvalue weighted by Crippen LogP contribution is 2.19. The van der Waals surface area contributed by atoms with Gasteiger partial charge in [-0.1, -0.05) is 17.2 Å². The molecule has 3 nitrogen and oxygen atoms in total. The molecule has 3 heteroatoms. The third kappa shape index (κ3) is 2.91. The number of likely N-dealkylation sites (tertiary alicyclic amines) is 1. The number of amides is 1. The molecule has 18 heavy (non-hydrogen) atoms. The number of benzene rings is 1. The Morgan fingerprint density at radius 2 is 2.00 bits per heavy atom. The Balaban J connectivity index is 2.08. The molecule has 1 heterocycles. The Labute approximate surface area is 109 Å². The van der Waals surface area contributed by atoms with Gasteiger partial charge in [-0.3, -0.25) is 4.79 Å². The fourth-order valence-corrected chi connectivity index (χ4v) is 2.75. The van der Waals surface area contributed by atoms with E-state index in [0.29, 0.717) is 5.92 Å². The molecule has 1 aromatic carbocycles. The van der Waals surface area contributed by atoms with Crippen LogP contribution in [0, 0.1) is 19.8 Å². The van der Waals surface area contributed by atoms with E-state index in [2.05, 4.69) is 11.4 Å². The lowest BCUT2D eigenvalue weighted by Crippen LogP contribution is -2.30. The van der Waals surface area contributed by atoms with Crippen LogP contribution >= 0.6 is 0 Å².